The second kappa shape index (κ2) is 6.53. The lowest BCUT2D eigenvalue weighted by Crippen LogP contribution is -2.38. The lowest BCUT2D eigenvalue weighted by atomic mass is 10.1. The van der Waals surface area contributed by atoms with Gasteiger partial charge in [0, 0.05) is 22.4 Å². The molecule has 24 heavy (non-hydrogen) atoms. The minimum atomic E-state index is -0.641. The molecule has 0 aliphatic carbocycles. The lowest BCUT2D eigenvalue weighted by Gasteiger charge is -2.22. The Kier molecular flexibility index (Phi) is 4.44. The van der Waals surface area contributed by atoms with Crippen molar-refractivity contribution >= 4 is 34.9 Å². The fourth-order valence-electron chi connectivity index (χ4n) is 2.94. The molecule has 1 atom stereocenters. The Labute approximate surface area is 145 Å². The normalized spacial score (nSPS) is 15.9. The van der Waals surface area contributed by atoms with Crippen LogP contribution in [0.3, 0.4) is 0 Å². The lowest BCUT2D eigenvalue weighted by molar-refractivity contribution is -0.122. The number of esters is 1. The Morgan fingerprint density at radius 3 is 2.79 bits per heavy atom. The van der Waals surface area contributed by atoms with Crippen molar-refractivity contribution in [3.63, 3.8) is 0 Å². The molecular formula is C18H17ClN2O3. The number of fused-ring (bicyclic) bond motifs is 1. The van der Waals surface area contributed by atoms with Gasteiger partial charge in [0.1, 0.15) is 0 Å². The molecule has 0 saturated carbocycles. The van der Waals surface area contributed by atoms with Crippen molar-refractivity contribution in [1.29, 1.82) is 0 Å². The van der Waals surface area contributed by atoms with E-state index in [9.17, 15) is 9.59 Å². The molecule has 1 unspecified atom stereocenters. The first-order chi connectivity index (χ1) is 11.5. The van der Waals surface area contributed by atoms with Gasteiger partial charge in [-0.1, -0.05) is 29.8 Å². The van der Waals surface area contributed by atoms with E-state index in [0.717, 1.165) is 17.7 Å². The second-order valence-corrected chi connectivity index (χ2v) is 6.19. The zero-order valence-corrected chi connectivity index (χ0v) is 13.9. The number of amides is 1. The third-order valence-electron chi connectivity index (χ3n) is 4.04. The molecule has 2 aromatic rings. The number of para-hydroxylation sites is 1. The minimum Gasteiger partial charge on any atom is -0.452 e. The number of halogens is 1. The molecule has 1 aliphatic rings. The molecule has 1 heterocycles. The van der Waals surface area contributed by atoms with Crippen molar-refractivity contribution in [2.75, 3.05) is 17.2 Å². The van der Waals surface area contributed by atoms with E-state index in [1.165, 1.54) is 12.1 Å². The summed E-state index contributed by atoms with van der Waals surface area (Å²) in [5.41, 5.74) is 8.16. The van der Waals surface area contributed by atoms with Crippen molar-refractivity contribution in [1.82, 2.24) is 0 Å². The highest BCUT2D eigenvalue weighted by Crippen LogP contribution is 2.31. The number of benzene rings is 2. The molecule has 2 N–H and O–H groups in total. The van der Waals surface area contributed by atoms with Crippen molar-refractivity contribution < 1.29 is 14.3 Å². The van der Waals surface area contributed by atoms with Gasteiger partial charge >= 0.3 is 5.97 Å². The summed E-state index contributed by atoms with van der Waals surface area (Å²) in [6, 6.07) is 12.3. The summed E-state index contributed by atoms with van der Waals surface area (Å²) < 4.78 is 5.13. The maximum absolute atomic E-state index is 12.5. The molecule has 1 amide bonds. The molecule has 0 saturated heterocycles. The summed E-state index contributed by atoms with van der Waals surface area (Å²) in [7, 11) is 0. The van der Waals surface area contributed by atoms with Gasteiger partial charge in [0.15, 0.2) is 6.61 Å². The molecule has 0 fully saturated rings. The SMILES string of the molecule is CC1Cc2ccccc2N1C(=O)COC(=O)c1ccc(Cl)cc1N. The molecule has 5 nitrogen and oxygen atoms in total. The second-order valence-electron chi connectivity index (χ2n) is 5.75. The number of nitrogen functional groups attached to an aromatic ring is 1. The monoisotopic (exact) mass is 344 g/mol. The van der Waals surface area contributed by atoms with Gasteiger partial charge in [0.2, 0.25) is 0 Å². The van der Waals surface area contributed by atoms with Crippen molar-refractivity contribution in [3.05, 3.63) is 58.6 Å². The number of carbonyl (C=O) groups excluding carboxylic acids is 2. The first kappa shape index (κ1) is 16.3. The molecule has 3 rings (SSSR count). The molecule has 6 heteroatoms. The van der Waals surface area contributed by atoms with Gasteiger partial charge < -0.3 is 15.4 Å². The summed E-state index contributed by atoms with van der Waals surface area (Å²) in [5, 5.41) is 0.433. The minimum absolute atomic E-state index is 0.0363. The third kappa shape index (κ3) is 3.08. The van der Waals surface area contributed by atoms with Crippen LogP contribution >= 0.6 is 11.6 Å². The van der Waals surface area contributed by atoms with Crippen LogP contribution < -0.4 is 10.6 Å². The predicted molar refractivity (Wildman–Crippen MR) is 93.2 cm³/mol. The topological polar surface area (TPSA) is 72.6 Å². The van der Waals surface area contributed by atoms with E-state index in [1.54, 1.807) is 11.0 Å². The zero-order valence-electron chi connectivity index (χ0n) is 13.2. The van der Waals surface area contributed by atoms with Crippen LogP contribution in [0, 0.1) is 0 Å². The van der Waals surface area contributed by atoms with Crippen LogP contribution in [-0.4, -0.2) is 24.5 Å². The van der Waals surface area contributed by atoms with E-state index >= 15 is 0 Å². The number of carbonyl (C=O) groups is 2. The fourth-order valence-corrected chi connectivity index (χ4v) is 3.12. The maximum Gasteiger partial charge on any atom is 0.340 e. The van der Waals surface area contributed by atoms with Crippen LogP contribution in [0.15, 0.2) is 42.5 Å². The Morgan fingerprint density at radius 1 is 1.29 bits per heavy atom. The number of nitrogens with two attached hydrogens (primary N) is 1. The van der Waals surface area contributed by atoms with E-state index < -0.39 is 5.97 Å². The predicted octanol–water partition coefficient (Wildman–Crippen LogP) is 3.06. The number of hydrogen-bond donors (Lipinski definition) is 1. The number of nitrogens with zero attached hydrogens (tertiary/aromatic N) is 1. The van der Waals surface area contributed by atoms with Gasteiger partial charge in [0.25, 0.3) is 5.91 Å². The number of anilines is 2. The Morgan fingerprint density at radius 2 is 2.04 bits per heavy atom. The van der Waals surface area contributed by atoms with E-state index in [4.69, 9.17) is 22.1 Å². The molecule has 0 radical (unpaired) electrons. The van der Waals surface area contributed by atoms with Gasteiger partial charge in [0.05, 0.1) is 5.56 Å². The van der Waals surface area contributed by atoms with Crippen LogP contribution in [0.5, 0.6) is 0 Å². The largest absolute Gasteiger partial charge is 0.452 e. The average Bonchev–Trinajstić information content (AvgIpc) is 2.88. The molecular weight excluding hydrogens is 328 g/mol. The molecule has 1 aliphatic heterocycles. The summed E-state index contributed by atoms with van der Waals surface area (Å²) >= 11 is 5.81. The summed E-state index contributed by atoms with van der Waals surface area (Å²) in [4.78, 5) is 26.3. The first-order valence-electron chi connectivity index (χ1n) is 7.59. The fraction of sp³-hybridized carbons (Fsp3) is 0.222. The highest BCUT2D eigenvalue weighted by molar-refractivity contribution is 6.31. The van der Waals surface area contributed by atoms with Crippen LogP contribution in [0.4, 0.5) is 11.4 Å². The van der Waals surface area contributed by atoms with Gasteiger partial charge in [-0.15, -0.1) is 0 Å². The highest BCUT2D eigenvalue weighted by Gasteiger charge is 2.31. The number of rotatable bonds is 3. The highest BCUT2D eigenvalue weighted by atomic mass is 35.5. The van der Waals surface area contributed by atoms with Gasteiger partial charge in [-0.2, -0.15) is 0 Å². The van der Waals surface area contributed by atoms with E-state index in [-0.39, 0.29) is 29.8 Å². The quantitative estimate of drug-likeness (QED) is 0.686. The summed E-state index contributed by atoms with van der Waals surface area (Å²) in [5.74, 6) is -0.897. The van der Waals surface area contributed by atoms with Crippen LogP contribution in [0.1, 0.15) is 22.8 Å². The third-order valence-corrected chi connectivity index (χ3v) is 4.27. The smallest absolute Gasteiger partial charge is 0.340 e. The molecule has 0 spiro atoms. The van der Waals surface area contributed by atoms with Crippen molar-refractivity contribution in [3.8, 4) is 0 Å². The van der Waals surface area contributed by atoms with E-state index in [0.29, 0.717) is 5.02 Å². The van der Waals surface area contributed by atoms with Crippen LogP contribution in [0.2, 0.25) is 5.02 Å². The molecule has 124 valence electrons. The Balaban J connectivity index is 1.69. The van der Waals surface area contributed by atoms with Crippen molar-refractivity contribution in [2.24, 2.45) is 0 Å². The maximum atomic E-state index is 12.5. The first-order valence-corrected chi connectivity index (χ1v) is 7.97. The van der Waals surface area contributed by atoms with Crippen LogP contribution in [-0.2, 0) is 16.0 Å². The number of ether oxygens (including phenoxy) is 1. The summed E-state index contributed by atoms with van der Waals surface area (Å²) in [6.45, 7) is 1.64. The van der Waals surface area contributed by atoms with Gasteiger partial charge in [-0.25, -0.2) is 4.79 Å². The standard InChI is InChI=1S/C18H17ClN2O3/c1-11-8-12-4-2-3-5-16(12)21(11)17(22)10-24-18(23)14-7-6-13(19)9-15(14)20/h2-7,9,11H,8,10,20H2,1H3. The summed E-state index contributed by atoms with van der Waals surface area (Å²) in [6.07, 6.45) is 0.792. The Bertz CT molecular complexity index is 807. The van der Waals surface area contributed by atoms with E-state index in [2.05, 4.69) is 0 Å². The van der Waals surface area contributed by atoms with Crippen molar-refractivity contribution in [2.45, 2.75) is 19.4 Å². The number of hydrogen-bond acceptors (Lipinski definition) is 4. The van der Waals surface area contributed by atoms with Crippen LogP contribution in [0.25, 0.3) is 0 Å². The molecule has 0 aromatic heterocycles. The molecule has 2 aromatic carbocycles. The van der Waals surface area contributed by atoms with Gasteiger partial charge in [-0.3, -0.25) is 4.79 Å². The van der Waals surface area contributed by atoms with Gasteiger partial charge in [-0.05, 0) is 43.2 Å². The molecule has 0 bridgehead atoms. The average molecular weight is 345 g/mol. The Hall–Kier alpha value is -2.53. The van der Waals surface area contributed by atoms with E-state index in [1.807, 2.05) is 31.2 Å². The zero-order chi connectivity index (χ0) is 17.3.